The monoisotopic (exact) mass is 321 g/mol. The van der Waals surface area contributed by atoms with Crippen LogP contribution in [0.3, 0.4) is 0 Å². The summed E-state index contributed by atoms with van der Waals surface area (Å²) in [5.74, 6) is -1.04. The average Bonchev–Trinajstić information content (AvgIpc) is 2.51. The van der Waals surface area contributed by atoms with Crippen molar-refractivity contribution >= 4 is 11.9 Å². The summed E-state index contributed by atoms with van der Waals surface area (Å²) < 4.78 is 1.23. The lowest BCUT2D eigenvalue weighted by Crippen LogP contribution is -2.35. The summed E-state index contributed by atoms with van der Waals surface area (Å²) in [7, 11) is 0. The quantitative estimate of drug-likeness (QED) is 0.692. The summed E-state index contributed by atoms with van der Waals surface area (Å²) in [4.78, 5) is 34.2. The number of amides is 1. The maximum absolute atomic E-state index is 12.0. The van der Waals surface area contributed by atoms with Gasteiger partial charge in [-0.25, -0.2) is 4.68 Å². The van der Waals surface area contributed by atoms with Crippen molar-refractivity contribution < 1.29 is 14.7 Å². The van der Waals surface area contributed by atoms with Gasteiger partial charge in [0.05, 0.1) is 5.69 Å². The Morgan fingerprint density at radius 1 is 1.22 bits per heavy atom. The Kier molecular flexibility index (Phi) is 6.31. The van der Waals surface area contributed by atoms with Gasteiger partial charge in [-0.3, -0.25) is 14.4 Å². The zero-order valence-electron chi connectivity index (χ0n) is 13.2. The van der Waals surface area contributed by atoms with Gasteiger partial charge in [-0.15, -0.1) is 0 Å². The summed E-state index contributed by atoms with van der Waals surface area (Å²) in [5.41, 5.74) is 1.70. The van der Waals surface area contributed by atoms with Crippen LogP contribution >= 0.6 is 0 Å². The van der Waals surface area contributed by atoms with E-state index in [1.54, 1.807) is 6.07 Å². The van der Waals surface area contributed by atoms with Crippen LogP contribution in [-0.4, -0.2) is 33.3 Å². The highest BCUT2D eigenvalue weighted by atomic mass is 16.4. The second-order valence-corrected chi connectivity index (χ2v) is 5.87. The van der Waals surface area contributed by atoms with Gasteiger partial charge in [-0.1, -0.05) is 6.42 Å². The van der Waals surface area contributed by atoms with Crippen molar-refractivity contribution in [3.63, 3.8) is 0 Å². The zero-order chi connectivity index (χ0) is 16.7. The van der Waals surface area contributed by atoms with E-state index in [1.807, 2.05) is 0 Å². The van der Waals surface area contributed by atoms with Gasteiger partial charge in [0.15, 0.2) is 0 Å². The fourth-order valence-electron chi connectivity index (χ4n) is 2.71. The van der Waals surface area contributed by atoms with Gasteiger partial charge in [0.2, 0.25) is 5.91 Å². The van der Waals surface area contributed by atoms with E-state index in [0.29, 0.717) is 13.0 Å². The summed E-state index contributed by atoms with van der Waals surface area (Å²) in [6, 6.07) is 1.60. The largest absolute Gasteiger partial charge is 0.481 e. The Hall–Kier alpha value is -2.18. The summed E-state index contributed by atoms with van der Waals surface area (Å²) in [5, 5.41) is 15.6. The number of aromatic nitrogens is 2. The molecule has 0 aromatic carbocycles. The first-order valence-corrected chi connectivity index (χ1v) is 8.14. The fraction of sp³-hybridized carbons (Fsp3) is 0.625. The summed E-state index contributed by atoms with van der Waals surface area (Å²) >= 11 is 0. The number of hydrogen-bond donors (Lipinski definition) is 2. The van der Waals surface area contributed by atoms with Crippen molar-refractivity contribution in [2.75, 3.05) is 6.54 Å². The predicted octanol–water partition coefficient (Wildman–Crippen LogP) is 0.883. The molecular formula is C16H23N3O4. The molecule has 1 aromatic rings. The van der Waals surface area contributed by atoms with Crippen LogP contribution in [0.2, 0.25) is 0 Å². The van der Waals surface area contributed by atoms with Crippen LogP contribution in [0.25, 0.3) is 0 Å². The summed E-state index contributed by atoms with van der Waals surface area (Å²) in [6.45, 7) is 0.416. The highest BCUT2D eigenvalue weighted by molar-refractivity contribution is 5.75. The van der Waals surface area contributed by atoms with Gasteiger partial charge >= 0.3 is 5.97 Å². The van der Waals surface area contributed by atoms with Gasteiger partial charge in [-0.05, 0) is 44.1 Å². The number of carboxylic acids is 1. The molecule has 2 N–H and O–H groups in total. The van der Waals surface area contributed by atoms with Gasteiger partial charge in [0, 0.05) is 19.0 Å². The van der Waals surface area contributed by atoms with E-state index >= 15 is 0 Å². The molecule has 1 amide bonds. The number of carboxylic acid groups (broad SMARTS) is 1. The Labute approximate surface area is 134 Å². The minimum Gasteiger partial charge on any atom is -0.481 e. The topological polar surface area (TPSA) is 101 Å². The average molecular weight is 321 g/mol. The van der Waals surface area contributed by atoms with E-state index < -0.39 is 5.97 Å². The van der Waals surface area contributed by atoms with Crippen molar-refractivity contribution in [3.8, 4) is 0 Å². The smallest absolute Gasteiger partial charge is 0.303 e. The normalized spacial score (nSPS) is 13.4. The molecular weight excluding hydrogens is 298 g/mol. The molecule has 1 aliphatic carbocycles. The molecule has 7 heteroatoms. The van der Waals surface area contributed by atoms with Crippen LogP contribution in [-0.2, 0) is 29.0 Å². The molecule has 7 nitrogen and oxygen atoms in total. The third kappa shape index (κ3) is 5.50. The van der Waals surface area contributed by atoms with E-state index in [9.17, 15) is 14.4 Å². The number of aryl methyl sites for hydroxylation is 2. The van der Waals surface area contributed by atoms with E-state index in [0.717, 1.165) is 49.8 Å². The van der Waals surface area contributed by atoms with Gasteiger partial charge in [0.25, 0.3) is 5.56 Å². The number of aliphatic carboxylic acids is 1. The predicted molar refractivity (Wildman–Crippen MR) is 84.3 cm³/mol. The van der Waals surface area contributed by atoms with Crippen LogP contribution in [0, 0.1) is 0 Å². The Morgan fingerprint density at radius 3 is 2.78 bits per heavy atom. The van der Waals surface area contributed by atoms with E-state index in [1.165, 1.54) is 4.68 Å². The second kappa shape index (κ2) is 8.45. The lowest BCUT2D eigenvalue weighted by atomic mass is 9.97. The van der Waals surface area contributed by atoms with Crippen LogP contribution in [0.5, 0.6) is 0 Å². The maximum Gasteiger partial charge on any atom is 0.303 e. The van der Waals surface area contributed by atoms with Crippen LogP contribution in [0.4, 0.5) is 0 Å². The van der Waals surface area contributed by atoms with Crippen LogP contribution in [0.1, 0.15) is 49.8 Å². The summed E-state index contributed by atoms with van der Waals surface area (Å²) in [6.07, 6.45) is 6.15. The third-order valence-corrected chi connectivity index (χ3v) is 3.96. The van der Waals surface area contributed by atoms with E-state index in [4.69, 9.17) is 5.11 Å². The number of fused-ring (bicyclic) bond motifs is 1. The van der Waals surface area contributed by atoms with Crippen molar-refractivity contribution in [2.45, 2.75) is 57.9 Å². The first-order valence-electron chi connectivity index (χ1n) is 8.14. The molecule has 0 fully saturated rings. The van der Waals surface area contributed by atoms with Gasteiger partial charge < -0.3 is 10.4 Å². The van der Waals surface area contributed by atoms with Crippen molar-refractivity contribution in [1.29, 1.82) is 0 Å². The Bertz CT molecular complexity index is 624. The molecule has 23 heavy (non-hydrogen) atoms. The lowest BCUT2D eigenvalue weighted by molar-refractivity contribution is -0.137. The van der Waals surface area contributed by atoms with Crippen molar-refractivity contribution in [2.24, 2.45) is 0 Å². The molecule has 126 valence electrons. The number of rotatable bonds is 8. The van der Waals surface area contributed by atoms with E-state index in [2.05, 4.69) is 10.4 Å². The van der Waals surface area contributed by atoms with Crippen LogP contribution in [0.15, 0.2) is 10.9 Å². The first kappa shape index (κ1) is 17.2. The molecule has 0 saturated carbocycles. The molecule has 0 unspecified atom stereocenters. The number of hydrogen-bond acceptors (Lipinski definition) is 4. The van der Waals surface area contributed by atoms with Crippen LogP contribution < -0.4 is 10.9 Å². The standard InChI is InChI=1S/C16H23N3O4/c20-14(17-9-5-1-2-8-16(22)23)11-19-15(21)10-12-6-3-4-7-13(12)18-19/h10H,1-9,11H2,(H,17,20)(H,22,23). The molecule has 1 aliphatic rings. The molecule has 2 rings (SSSR count). The Morgan fingerprint density at radius 2 is 2.00 bits per heavy atom. The molecule has 0 bridgehead atoms. The number of nitrogens with zero attached hydrogens (tertiary/aromatic N) is 2. The highest BCUT2D eigenvalue weighted by Crippen LogP contribution is 2.16. The molecule has 0 atom stereocenters. The number of unbranched alkanes of at least 4 members (excludes halogenated alkanes) is 2. The lowest BCUT2D eigenvalue weighted by Gasteiger charge is -2.15. The number of carbonyl (C=O) groups excluding carboxylic acids is 1. The molecule has 0 aliphatic heterocycles. The van der Waals surface area contributed by atoms with E-state index in [-0.39, 0.29) is 24.4 Å². The second-order valence-electron chi connectivity index (χ2n) is 5.87. The molecule has 1 heterocycles. The first-order chi connectivity index (χ1) is 11.1. The minimum atomic E-state index is -0.799. The number of carbonyl (C=O) groups is 2. The fourth-order valence-corrected chi connectivity index (χ4v) is 2.71. The van der Waals surface area contributed by atoms with Crippen molar-refractivity contribution in [3.05, 3.63) is 27.7 Å². The number of nitrogens with one attached hydrogen (secondary N) is 1. The van der Waals surface area contributed by atoms with Gasteiger partial charge in [-0.2, -0.15) is 5.10 Å². The zero-order valence-corrected chi connectivity index (χ0v) is 13.2. The third-order valence-electron chi connectivity index (χ3n) is 3.96. The molecule has 1 aromatic heterocycles. The maximum atomic E-state index is 12.0. The molecule has 0 spiro atoms. The molecule has 0 saturated heterocycles. The van der Waals surface area contributed by atoms with Crippen molar-refractivity contribution in [1.82, 2.24) is 15.1 Å². The van der Waals surface area contributed by atoms with Gasteiger partial charge in [0.1, 0.15) is 6.54 Å². The highest BCUT2D eigenvalue weighted by Gasteiger charge is 2.14. The Balaban J connectivity index is 1.77. The molecule has 0 radical (unpaired) electrons. The SMILES string of the molecule is O=C(O)CCCCCNC(=O)Cn1nc2c(cc1=O)CCCC2. The minimum absolute atomic E-state index is 0.0682.